The first-order chi connectivity index (χ1) is 14.3. The van der Waals surface area contributed by atoms with Gasteiger partial charge in [-0.05, 0) is 61.6 Å². The van der Waals surface area contributed by atoms with Crippen molar-refractivity contribution in [2.75, 3.05) is 12.4 Å². The summed E-state index contributed by atoms with van der Waals surface area (Å²) in [5.74, 6) is -2.79. The predicted octanol–water partition coefficient (Wildman–Crippen LogP) is 4.50. The van der Waals surface area contributed by atoms with Crippen molar-refractivity contribution >= 4 is 34.2 Å². The number of methoxy groups -OCH3 is 1. The number of ether oxygens (including phenoxy) is 1. The van der Waals surface area contributed by atoms with Gasteiger partial charge in [-0.15, -0.1) is 11.3 Å². The monoisotopic (exact) mass is 427 g/mol. The number of rotatable bonds is 5. The van der Waals surface area contributed by atoms with Crippen LogP contribution in [0.15, 0.2) is 23.6 Å². The number of hydrogen-bond acceptors (Lipinski definition) is 5. The van der Waals surface area contributed by atoms with Gasteiger partial charge in [0.25, 0.3) is 0 Å². The molecule has 0 saturated heterocycles. The van der Waals surface area contributed by atoms with Gasteiger partial charge in [0, 0.05) is 10.9 Å². The molecular formula is C23H25NO5S. The largest absolute Gasteiger partial charge is 0.481 e. The maximum Gasteiger partial charge on any atom is 0.341 e. The highest BCUT2D eigenvalue weighted by Gasteiger charge is 2.54. The van der Waals surface area contributed by atoms with Crippen LogP contribution in [0.5, 0.6) is 0 Å². The Kier molecular flexibility index (Phi) is 5.40. The number of carboxylic acids is 1. The Balaban J connectivity index is 1.67. The van der Waals surface area contributed by atoms with E-state index >= 15 is 0 Å². The molecule has 158 valence electrons. The molecule has 1 amide bonds. The van der Waals surface area contributed by atoms with Crippen molar-refractivity contribution in [3.63, 3.8) is 0 Å². The standard InChI is InChI=1S/C23H25NO5S/c1-11-4-5-13(8-12(11)2)16-10-30-21(19(16)23(28)29-3)24-20(25)17-14-6-7-15(9-14)18(17)22(26)27/h4-5,8,10,14-15,17-18H,6-7,9H2,1-3H3,(H,24,25)(H,26,27)/t14-,15-,17-,18-/m0/s1. The SMILES string of the molecule is COC(=O)c1c(-c2ccc(C)c(C)c2)csc1NC(=O)[C@H]1[C@H]2CC[C@@H](C2)[C@@H]1C(=O)O. The lowest BCUT2D eigenvalue weighted by Crippen LogP contribution is -2.37. The van der Waals surface area contributed by atoms with E-state index in [1.54, 1.807) is 0 Å². The van der Waals surface area contributed by atoms with E-state index in [9.17, 15) is 19.5 Å². The molecule has 30 heavy (non-hydrogen) atoms. The number of aryl methyl sites for hydroxylation is 2. The number of carbonyl (C=O) groups excluding carboxylic acids is 2. The molecule has 2 aliphatic rings. The topological polar surface area (TPSA) is 92.7 Å². The summed E-state index contributed by atoms with van der Waals surface area (Å²) in [6, 6.07) is 5.94. The third-order valence-corrected chi connectivity index (χ3v) is 7.63. The third kappa shape index (κ3) is 3.41. The van der Waals surface area contributed by atoms with E-state index in [1.807, 2.05) is 37.4 Å². The van der Waals surface area contributed by atoms with Gasteiger partial charge in [-0.25, -0.2) is 4.79 Å². The van der Waals surface area contributed by atoms with Crippen LogP contribution in [0.3, 0.4) is 0 Å². The first-order valence-corrected chi connectivity index (χ1v) is 11.0. The summed E-state index contributed by atoms with van der Waals surface area (Å²) in [7, 11) is 1.31. The molecule has 0 spiro atoms. The van der Waals surface area contributed by atoms with Gasteiger partial charge in [0.05, 0.1) is 18.9 Å². The van der Waals surface area contributed by atoms with Gasteiger partial charge in [-0.2, -0.15) is 0 Å². The van der Waals surface area contributed by atoms with Gasteiger partial charge in [0.15, 0.2) is 0 Å². The minimum atomic E-state index is -0.905. The molecule has 2 aliphatic carbocycles. The number of anilines is 1. The van der Waals surface area contributed by atoms with E-state index in [0.29, 0.717) is 16.1 Å². The fraction of sp³-hybridized carbons (Fsp3) is 0.435. The van der Waals surface area contributed by atoms with Crippen molar-refractivity contribution < 1.29 is 24.2 Å². The van der Waals surface area contributed by atoms with Gasteiger partial charge < -0.3 is 15.2 Å². The molecule has 0 radical (unpaired) electrons. The summed E-state index contributed by atoms with van der Waals surface area (Å²) in [5.41, 5.74) is 4.14. The second-order valence-corrected chi connectivity index (χ2v) is 9.24. The molecule has 7 heteroatoms. The maximum absolute atomic E-state index is 13.1. The van der Waals surface area contributed by atoms with Crippen LogP contribution in [-0.4, -0.2) is 30.1 Å². The van der Waals surface area contributed by atoms with Crippen LogP contribution >= 0.6 is 11.3 Å². The zero-order valence-electron chi connectivity index (χ0n) is 17.2. The molecule has 4 rings (SSSR count). The number of nitrogens with one attached hydrogen (secondary N) is 1. The molecule has 4 atom stereocenters. The van der Waals surface area contributed by atoms with Crippen molar-refractivity contribution in [2.24, 2.45) is 23.7 Å². The molecule has 2 fully saturated rings. The summed E-state index contributed by atoms with van der Waals surface area (Å²) in [6.07, 6.45) is 2.54. The van der Waals surface area contributed by atoms with Crippen LogP contribution in [0.2, 0.25) is 0 Å². The van der Waals surface area contributed by atoms with Crippen molar-refractivity contribution in [1.29, 1.82) is 0 Å². The molecule has 2 saturated carbocycles. The first-order valence-electron chi connectivity index (χ1n) is 10.1. The Hall–Kier alpha value is -2.67. The average Bonchev–Trinajstić information content (AvgIpc) is 3.43. The van der Waals surface area contributed by atoms with Gasteiger partial charge in [-0.3, -0.25) is 9.59 Å². The number of benzene rings is 1. The number of esters is 1. The Morgan fingerprint density at radius 2 is 1.80 bits per heavy atom. The molecule has 0 unspecified atom stereocenters. The number of carboxylic acid groups (broad SMARTS) is 1. The lowest BCUT2D eigenvalue weighted by atomic mass is 9.78. The van der Waals surface area contributed by atoms with E-state index in [0.717, 1.165) is 36.0 Å². The van der Waals surface area contributed by atoms with E-state index in [4.69, 9.17) is 4.74 Å². The molecule has 1 heterocycles. The maximum atomic E-state index is 13.1. The third-order valence-electron chi connectivity index (χ3n) is 6.74. The zero-order chi connectivity index (χ0) is 21.6. The Morgan fingerprint density at radius 1 is 1.10 bits per heavy atom. The second kappa shape index (κ2) is 7.87. The van der Waals surface area contributed by atoms with Crippen LogP contribution in [0.1, 0.15) is 40.7 Å². The minimum absolute atomic E-state index is 0.0674. The van der Waals surface area contributed by atoms with Gasteiger partial charge in [0.2, 0.25) is 5.91 Å². The molecule has 2 N–H and O–H groups in total. The number of carbonyl (C=O) groups is 3. The van der Waals surface area contributed by atoms with Crippen molar-refractivity contribution in [1.82, 2.24) is 0 Å². The lowest BCUT2D eigenvalue weighted by Gasteiger charge is -2.26. The highest BCUT2D eigenvalue weighted by molar-refractivity contribution is 7.15. The number of amides is 1. The minimum Gasteiger partial charge on any atom is -0.481 e. The Bertz CT molecular complexity index is 1030. The van der Waals surface area contributed by atoms with Gasteiger partial charge in [0.1, 0.15) is 10.6 Å². The normalized spacial score (nSPS) is 24.6. The van der Waals surface area contributed by atoms with E-state index < -0.39 is 23.8 Å². The fourth-order valence-corrected chi connectivity index (χ4v) is 6.06. The molecular weight excluding hydrogens is 402 g/mol. The summed E-state index contributed by atoms with van der Waals surface area (Å²) in [4.78, 5) is 37.5. The number of hydrogen-bond donors (Lipinski definition) is 2. The van der Waals surface area contributed by atoms with Crippen molar-refractivity contribution in [3.05, 3.63) is 40.3 Å². The van der Waals surface area contributed by atoms with Crippen LogP contribution in [0.25, 0.3) is 11.1 Å². The fourth-order valence-electron chi connectivity index (χ4n) is 5.10. The van der Waals surface area contributed by atoms with Gasteiger partial charge in [-0.1, -0.05) is 18.2 Å². The molecule has 2 bridgehead atoms. The number of fused-ring (bicyclic) bond motifs is 2. The van der Waals surface area contributed by atoms with Crippen LogP contribution in [0, 0.1) is 37.5 Å². The summed E-state index contributed by atoms with van der Waals surface area (Å²) >= 11 is 1.26. The number of aliphatic carboxylic acids is 1. The Morgan fingerprint density at radius 3 is 2.43 bits per heavy atom. The molecule has 0 aliphatic heterocycles. The summed E-state index contributed by atoms with van der Waals surface area (Å²) in [5, 5.41) is 14.8. The molecule has 1 aromatic heterocycles. The second-order valence-electron chi connectivity index (χ2n) is 8.36. The van der Waals surface area contributed by atoms with Crippen LogP contribution in [-0.2, 0) is 14.3 Å². The van der Waals surface area contributed by atoms with E-state index in [1.165, 1.54) is 18.4 Å². The van der Waals surface area contributed by atoms with E-state index in [2.05, 4.69) is 5.32 Å². The van der Waals surface area contributed by atoms with Gasteiger partial charge >= 0.3 is 11.9 Å². The van der Waals surface area contributed by atoms with E-state index in [-0.39, 0.29) is 17.7 Å². The van der Waals surface area contributed by atoms with Crippen LogP contribution < -0.4 is 5.32 Å². The predicted molar refractivity (Wildman–Crippen MR) is 115 cm³/mol. The summed E-state index contributed by atoms with van der Waals surface area (Å²) in [6.45, 7) is 4.03. The number of thiophene rings is 1. The Labute approximate surface area is 179 Å². The van der Waals surface area contributed by atoms with Crippen LogP contribution in [0.4, 0.5) is 5.00 Å². The van der Waals surface area contributed by atoms with Crippen molar-refractivity contribution in [3.8, 4) is 11.1 Å². The quantitative estimate of drug-likeness (QED) is 0.685. The zero-order valence-corrected chi connectivity index (χ0v) is 18.0. The lowest BCUT2D eigenvalue weighted by molar-refractivity contribution is -0.148. The average molecular weight is 428 g/mol. The highest BCUT2D eigenvalue weighted by atomic mass is 32.1. The first kappa shape index (κ1) is 20.6. The van der Waals surface area contributed by atoms with Crippen molar-refractivity contribution in [2.45, 2.75) is 33.1 Å². The molecule has 6 nitrogen and oxygen atoms in total. The highest BCUT2D eigenvalue weighted by Crippen LogP contribution is 2.53. The smallest absolute Gasteiger partial charge is 0.341 e. The molecule has 2 aromatic rings. The summed E-state index contributed by atoms with van der Waals surface area (Å²) < 4.78 is 4.99. The molecule has 1 aromatic carbocycles.